The molecule has 26 heavy (non-hydrogen) atoms. The van der Waals surface area contributed by atoms with Crippen molar-refractivity contribution < 1.29 is 19.1 Å². The molecule has 7 heteroatoms. The number of nitrogens with one attached hydrogen (secondary N) is 1. The number of benzene rings is 2. The molecule has 5 nitrogen and oxygen atoms in total. The van der Waals surface area contributed by atoms with Gasteiger partial charge in [0, 0.05) is 18.2 Å². The molecule has 136 valence electrons. The van der Waals surface area contributed by atoms with E-state index in [0.29, 0.717) is 21.4 Å². The summed E-state index contributed by atoms with van der Waals surface area (Å²) in [7, 11) is 1.56. The number of esters is 1. The minimum Gasteiger partial charge on any atom is -0.496 e. The van der Waals surface area contributed by atoms with Crippen LogP contribution in [-0.2, 0) is 20.9 Å². The van der Waals surface area contributed by atoms with Crippen LogP contribution in [-0.4, -0.2) is 25.6 Å². The quantitative estimate of drug-likeness (QED) is 0.572. The fourth-order valence-electron chi connectivity index (χ4n) is 2.06. The predicted octanol–water partition coefficient (Wildman–Crippen LogP) is 3.87. The standard InChI is InChI=1S/C19H17Cl2NO4/c1-25-17-5-3-2-4-14(17)11-22-18(23)12-26-19(24)9-7-13-6-8-15(20)16(21)10-13/h2-10H,11-12H2,1H3,(H,22,23)/b9-7+. The Labute approximate surface area is 161 Å². The lowest BCUT2D eigenvalue weighted by molar-refractivity contribution is -0.143. The van der Waals surface area contributed by atoms with Crippen LogP contribution >= 0.6 is 23.2 Å². The molecule has 0 aliphatic heterocycles. The van der Waals surface area contributed by atoms with Crippen LogP contribution < -0.4 is 10.1 Å². The summed E-state index contributed by atoms with van der Waals surface area (Å²) in [6.45, 7) is -0.0980. The molecule has 0 saturated carbocycles. The summed E-state index contributed by atoms with van der Waals surface area (Å²) < 4.78 is 10.1. The van der Waals surface area contributed by atoms with Crippen molar-refractivity contribution in [2.75, 3.05) is 13.7 Å². The molecular formula is C19H17Cl2NO4. The molecule has 0 unspecified atom stereocenters. The third-order valence-corrected chi connectivity index (χ3v) is 4.11. The van der Waals surface area contributed by atoms with E-state index in [0.717, 1.165) is 5.56 Å². The van der Waals surface area contributed by atoms with Gasteiger partial charge in [0.05, 0.1) is 17.2 Å². The first-order valence-corrected chi connectivity index (χ1v) is 8.43. The second-order valence-corrected chi connectivity index (χ2v) is 6.02. The van der Waals surface area contributed by atoms with Gasteiger partial charge in [-0.1, -0.05) is 47.5 Å². The van der Waals surface area contributed by atoms with Crippen LogP contribution in [0.15, 0.2) is 48.5 Å². The molecular weight excluding hydrogens is 377 g/mol. The van der Waals surface area contributed by atoms with E-state index in [2.05, 4.69) is 5.32 Å². The lowest BCUT2D eigenvalue weighted by Gasteiger charge is -2.09. The Bertz CT molecular complexity index is 821. The second kappa shape index (κ2) is 9.85. The minimum atomic E-state index is -0.636. The van der Waals surface area contributed by atoms with Crippen LogP contribution in [0, 0.1) is 0 Å². The highest BCUT2D eigenvalue weighted by atomic mass is 35.5. The summed E-state index contributed by atoms with van der Waals surface area (Å²) in [5, 5.41) is 3.48. The van der Waals surface area contributed by atoms with Crippen molar-refractivity contribution in [1.29, 1.82) is 0 Å². The number of rotatable bonds is 7. The number of hydrogen-bond acceptors (Lipinski definition) is 4. The fourth-order valence-corrected chi connectivity index (χ4v) is 2.37. The molecule has 1 amide bonds. The Balaban J connectivity index is 1.78. The highest BCUT2D eigenvalue weighted by molar-refractivity contribution is 6.42. The number of amides is 1. The molecule has 0 aliphatic carbocycles. The first-order valence-electron chi connectivity index (χ1n) is 7.68. The molecule has 2 rings (SSSR count). The highest BCUT2D eigenvalue weighted by Crippen LogP contribution is 2.23. The van der Waals surface area contributed by atoms with Crippen molar-refractivity contribution in [3.8, 4) is 5.75 Å². The van der Waals surface area contributed by atoms with E-state index in [1.165, 1.54) is 12.2 Å². The van der Waals surface area contributed by atoms with Crippen molar-refractivity contribution in [1.82, 2.24) is 5.32 Å². The number of para-hydroxylation sites is 1. The highest BCUT2D eigenvalue weighted by Gasteiger charge is 2.07. The summed E-state index contributed by atoms with van der Waals surface area (Å²) in [5.41, 5.74) is 1.52. The Morgan fingerprint density at radius 2 is 1.88 bits per heavy atom. The topological polar surface area (TPSA) is 64.6 Å². The molecule has 0 atom stereocenters. The molecule has 2 aromatic rings. The van der Waals surface area contributed by atoms with Gasteiger partial charge in [-0.2, -0.15) is 0 Å². The number of halogens is 2. The van der Waals surface area contributed by atoms with Crippen molar-refractivity contribution >= 4 is 41.2 Å². The Morgan fingerprint density at radius 3 is 2.62 bits per heavy atom. The molecule has 0 bridgehead atoms. The van der Waals surface area contributed by atoms with Crippen molar-refractivity contribution in [3.05, 3.63) is 69.7 Å². The number of ether oxygens (including phenoxy) is 2. The SMILES string of the molecule is COc1ccccc1CNC(=O)COC(=O)/C=C/c1ccc(Cl)c(Cl)c1. The first-order chi connectivity index (χ1) is 12.5. The van der Waals surface area contributed by atoms with Gasteiger partial charge in [0.2, 0.25) is 0 Å². The number of hydrogen-bond donors (Lipinski definition) is 1. The van der Waals surface area contributed by atoms with Gasteiger partial charge < -0.3 is 14.8 Å². The van der Waals surface area contributed by atoms with E-state index in [1.54, 1.807) is 31.4 Å². The zero-order valence-corrected chi connectivity index (χ0v) is 15.5. The molecule has 0 aromatic heterocycles. The van der Waals surface area contributed by atoms with Gasteiger partial charge in [-0.05, 0) is 29.8 Å². The predicted molar refractivity (Wildman–Crippen MR) is 101 cm³/mol. The largest absolute Gasteiger partial charge is 0.496 e. The van der Waals surface area contributed by atoms with Crippen molar-refractivity contribution in [3.63, 3.8) is 0 Å². The summed E-state index contributed by atoms with van der Waals surface area (Å²) >= 11 is 11.7. The van der Waals surface area contributed by atoms with E-state index in [9.17, 15) is 9.59 Å². The van der Waals surface area contributed by atoms with Crippen molar-refractivity contribution in [2.45, 2.75) is 6.54 Å². The van der Waals surface area contributed by atoms with Gasteiger partial charge in [-0.15, -0.1) is 0 Å². The molecule has 0 fully saturated rings. The van der Waals surface area contributed by atoms with Crippen LogP contribution in [0.3, 0.4) is 0 Å². The third kappa shape index (κ3) is 6.10. The van der Waals surface area contributed by atoms with E-state index < -0.39 is 11.9 Å². The maximum atomic E-state index is 11.8. The second-order valence-electron chi connectivity index (χ2n) is 5.20. The maximum absolute atomic E-state index is 11.8. The van der Waals surface area contributed by atoms with Gasteiger partial charge >= 0.3 is 5.97 Å². The van der Waals surface area contributed by atoms with E-state index in [1.807, 2.05) is 18.2 Å². The summed E-state index contributed by atoms with van der Waals surface area (Å²) in [6.07, 6.45) is 2.74. The van der Waals surface area contributed by atoms with Crippen LogP contribution in [0.25, 0.3) is 6.08 Å². The number of carbonyl (C=O) groups is 2. The monoisotopic (exact) mass is 393 g/mol. The molecule has 0 spiro atoms. The molecule has 2 aromatic carbocycles. The lowest BCUT2D eigenvalue weighted by Crippen LogP contribution is -2.28. The average Bonchev–Trinajstić information content (AvgIpc) is 2.65. The Hall–Kier alpha value is -2.50. The van der Waals surface area contributed by atoms with E-state index in [-0.39, 0.29) is 13.2 Å². The normalized spacial score (nSPS) is 10.6. The van der Waals surface area contributed by atoms with Gasteiger partial charge in [0.1, 0.15) is 5.75 Å². The smallest absolute Gasteiger partial charge is 0.331 e. The molecule has 0 saturated heterocycles. The Morgan fingerprint density at radius 1 is 1.12 bits per heavy atom. The van der Waals surface area contributed by atoms with Gasteiger partial charge in [-0.3, -0.25) is 4.79 Å². The van der Waals surface area contributed by atoms with Gasteiger partial charge in [0.25, 0.3) is 5.91 Å². The first kappa shape index (κ1) is 19.8. The van der Waals surface area contributed by atoms with Crippen LogP contribution in [0.1, 0.15) is 11.1 Å². The number of carbonyl (C=O) groups excluding carboxylic acids is 2. The van der Waals surface area contributed by atoms with Gasteiger partial charge in [0.15, 0.2) is 6.61 Å². The maximum Gasteiger partial charge on any atom is 0.331 e. The van der Waals surface area contributed by atoms with Gasteiger partial charge in [-0.25, -0.2) is 4.79 Å². The third-order valence-electron chi connectivity index (χ3n) is 3.37. The van der Waals surface area contributed by atoms with Crippen LogP contribution in [0.5, 0.6) is 5.75 Å². The number of methoxy groups -OCH3 is 1. The molecule has 1 N–H and O–H groups in total. The molecule has 0 radical (unpaired) electrons. The van der Waals surface area contributed by atoms with Crippen LogP contribution in [0.2, 0.25) is 10.0 Å². The zero-order valence-electron chi connectivity index (χ0n) is 14.0. The van der Waals surface area contributed by atoms with Crippen LogP contribution in [0.4, 0.5) is 0 Å². The summed E-state index contributed by atoms with van der Waals surface area (Å²) in [5.74, 6) is -0.370. The fraction of sp³-hybridized carbons (Fsp3) is 0.158. The van der Waals surface area contributed by atoms with Crippen molar-refractivity contribution in [2.24, 2.45) is 0 Å². The summed E-state index contributed by atoms with van der Waals surface area (Å²) in [4.78, 5) is 23.5. The van der Waals surface area contributed by atoms with E-state index in [4.69, 9.17) is 32.7 Å². The molecule has 0 aliphatic rings. The molecule has 0 heterocycles. The lowest BCUT2D eigenvalue weighted by atomic mass is 10.2. The van der Waals surface area contributed by atoms with E-state index >= 15 is 0 Å². The Kier molecular flexibility index (Phi) is 7.51. The zero-order chi connectivity index (χ0) is 18.9. The minimum absolute atomic E-state index is 0.277. The average molecular weight is 394 g/mol. The summed E-state index contributed by atoms with van der Waals surface area (Å²) in [6, 6.07) is 12.3.